The fourth-order valence-electron chi connectivity index (χ4n) is 1.41. The Morgan fingerprint density at radius 3 is 2.84 bits per heavy atom. The van der Waals surface area contributed by atoms with Crippen molar-refractivity contribution in [3.8, 4) is 0 Å². The third-order valence-electron chi connectivity index (χ3n) is 2.33. The summed E-state index contributed by atoms with van der Waals surface area (Å²) in [6.45, 7) is 0.141. The zero-order valence-corrected chi connectivity index (χ0v) is 12.1. The highest BCUT2D eigenvalue weighted by molar-refractivity contribution is 9.10. The van der Waals surface area contributed by atoms with Gasteiger partial charge >= 0.3 is 0 Å². The first kappa shape index (κ1) is 13.9. The number of nitrogens with zero attached hydrogens (tertiary/aromatic N) is 2. The minimum atomic E-state index is -3.71. The molecule has 0 bridgehead atoms. The Morgan fingerprint density at radius 1 is 1.37 bits per heavy atom. The van der Waals surface area contributed by atoms with Gasteiger partial charge in [-0.25, -0.2) is 18.1 Å². The van der Waals surface area contributed by atoms with E-state index in [1.165, 1.54) is 12.3 Å². The molecule has 2 aromatic heterocycles. The summed E-state index contributed by atoms with van der Waals surface area (Å²) in [7, 11) is -3.71. The van der Waals surface area contributed by atoms with Gasteiger partial charge in [0.15, 0.2) is 0 Å². The molecule has 0 unspecified atom stereocenters. The molecule has 3 N–H and O–H groups in total. The predicted molar refractivity (Wildman–Crippen MR) is 74.6 cm³/mol. The maximum Gasteiger partial charge on any atom is 0.244 e. The minimum Gasteiger partial charge on any atom is -0.383 e. The van der Waals surface area contributed by atoms with Crippen LogP contribution in [0.3, 0.4) is 0 Å². The lowest BCUT2D eigenvalue weighted by molar-refractivity contribution is 0.581. The van der Waals surface area contributed by atoms with Crippen molar-refractivity contribution < 1.29 is 8.42 Å². The molecular weight excluding hydrogens is 332 g/mol. The van der Waals surface area contributed by atoms with Crippen LogP contribution in [0, 0.1) is 0 Å². The standard InChI is InChI=1S/C11H11BrN4O2S/c12-9-4-10(11(13)15-7-9)19(17,18)16-6-8-2-1-3-14-5-8/h1-5,7,16H,6H2,(H2,13,15). The smallest absolute Gasteiger partial charge is 0.244 e. The fraction of sp³-hybridized carbons (Fsp3) is 0.0909. The van der Waals surface area contributed by atoms with Crippen LogP contribution < -0.4 is 10.5 Å². The maximum absolute atomic E-state index is 12.1. The lowest BCUT2D eigenvalue weighted by Gasteiger charge is -2.08. The molecule has 0 saturated carbocycles. The lowest BCUT2D eigenvalue weighted by Crippen LogP contribution is -2.24. The topological polar surface area (TPSA) is 98.0 Å². The highest BCUT2D eigenvalue weighted by Gasteiger charge is 2.18. The number of hydrogen-bond acceptors (Lipinski definition) is 5. The number of aromatic nitrogens is 2. The van der Waals surface area contributed by atoms with Gasteiger partial charge in [0.2, 0.25) is 10.0 Å². The van der Waals surface area contributed by atoms with Crippen LogP contribution in [0.2, 0.25) is 0 Å². The summed E-state index contributed by atoms with van der Waals surface area (Å²) in [6, 6.07) is 4.92. The number of nitrogens with two attached hydrogens (primary N) is 1. The van der Waals surface area contributed by atoms with Crippen LogP contribution in [0.4, 0.5) is 5.82 Å². The van der Waals surface area contributed by atoms with Crippen molar-refractivity contribution in [3.05, 3.63) is 46.8 Å². The lowest BCUT2D eigenvalue weighted by atomic mass is 10.3. The average Bonchev–Trinajstić information content (AvgIpc) is 2.40. The molecule has 0 radical (unpaired) electrons. The molecule has 8 heteroatoms. The number of nitrogens with one attached hydrogen (secondary N) is 1. The highest BCUT2D eigenvalue weighted by atomic mass is 79.9. The second kappa shape index (κ2) is 5.64. The van der Waals surface area contributed by atoms with E-state index < -0.39 is 10.0 Å². The van der Waals surface area contributed by atoms with E-state index in [0.717, 1.165) is 5.56 Å². The summed E-state index contributed by atoms with van der Waals surface area (Å²) >= 11 is 3.16. The zero-order valence-electron chi connectivity index (χ0n) is 9.75. The average molecular weight is 343 g/mol. The zero-order chi connectivity index (χ0) is 13.9. The molecule has 0 aliphatic heterocycles. The van der Waals surface area contributed by atoms with Crippen molar-refractivity contribution in [3.63, 3.8) is 0 Å². The van der Waals surface area contributed by atoms with E-state index in [1.807, 2.05) is 0 Å². The molecule has 19 heavy (non-hydrogen) atoms. The van der Waals surface area contributed by atoms with E-state index in [-0.39, 0.29) is 17.3 Å². The van der Waals surface area contributed by atoms with Crippen molar-refractivity contribution in [2.24, 2.45) is 0 Å². The molecule has 0 aliphatic carbocycles. The summed E-state index contributed by atoms with van der Waals surface area (Å²) in [6.07, 6.45) is 4.65. The molecule has 0 atom stereocenters. The van der Waals surface area contributed by atoms with Crippen molar-refractivity contribution in [2.75, 3.05) is 5.73 Å². The van der Waals surface area contributed by atoms with E-state index in [1.54, 1.807) is 24.5 Å². The van der Waals surface area contributed by atoms with E-state index in [9.17, 15) is 8.42 Å². The number of pyridine rings is 2. The second-order valence-corrected chi connectivity index (χ2v) is 6.37. The molecule has 100 valence electrons. The van der Waals surface area contributed by atoms with Crippen LogP contribution in [-0.2, 0) is 16.6 Å². The Hall–Kier alpha value is -1.51. The van der Waals surface area contributed by atoms with Crippen molar-refractivity contribution in [1.29, 1.82) is 0 Å². The molecule has 0 aliphatic rings. The summed E-state index contributed by atoms with van der Waals surface area (Å²) in [5.41, 5.74) is 6.34. The van der Waals surface area contributed by atoms with E-state index >= 15 is 0 Å². The Labute approximate surface area is 119 Å². The van der Waals surface area contributed by atoms with Crippen molar-refractivity contribution >= 4 is 31.8 Å². The van der Waals surface area contributed by atoms with Gasteiger partial charge in [-0.1, -0.05) is 6.07 Å². The van der Waals surface area contributed by atoms with E-state index in [4.69, 9.17) is 5.73 Å². The normalized spacial score (nSPS) is 11.4. The Bertz CT molecular complexity index is 676. The summed E-state index contributed by atoms with van der Waals surface area (Å²) in [4.78, 5) is 7.66. The van der Waals surface area contributed by atoms with Crippen molar-refractivity contribution in [1.82, 2.24) is 14.7 Å². The molecular formula is C11H11BrN4O2S. The summed E-state index contributed by atoms with van der Waals surface area (Å²) in [5, 5.41) is 0. The predicted octanol–water partition coefficient (Wildman–Crippen LogP) is 1.30. The summed E-state index contributed by atoms with van der Waals surface area (Å²) in [5.74, 6) is -0.0399. The Balaban J connectivity index is 2.21. The van der Waals surface area contributed by atoms with Gasteiger partial charge in [0.1, 0.15) is 10.7 Å². The number of halogens is 1. The third-order valence-corrected chi connectivity index (χ3v) is 4.19. The van der Waals surface area contributed by atoms with Gasteiger partial charge in [0.05, 0.1) is 0 Å². The van der Waals surface area contributed by atoms with Gasteiger partial charge in [-0.15, -0.1) is 0 Å². The molecule has 2 rings (SSSR count). The first-order chi connectivity index (χ1) is 8.99. The fourth-order valence-corrected chi connectivity index (χ4v) is 3.01. The molecule has 0 saturated heterocycles. The highest BCUT2D eigenvalue weighted by Crippen LogP contribution is 2.20. The first-order valence-corrected chi connectivity index (χ1v) is 7.56. The number of rotatable bonds is 4. The quantitative estimate of drug-likeness (QED) is 0.872. The van der Waals surface area contributed by atoms with Crippen molar-refractivity contribution in [2.45, 2.75) is 11.4 Å². The molecule has 0 spiro atoms. The molecule has 0 amide bonds. The van der Waals surface area contributed by atoms with Gasteiger partial charge in [-0.2, -0.15) is 0 Å². The van der Waals surface area contributed by atoms with Gasteiger partial charge < -0.3 is 5.73 Å². The van der Waals surface area contributed by atoms with E-state index in [2.05, 4.69) is 30.6 Å². The third kappa shape index (κ3) is 3.49. The van der Waals surface area contributed by atoms with Gasteiger partial charge in [-0.3, -0.25) is 4.98 Å². The first-order valence-electron chi connectivity index (χ1n) is 5.28. The summed E-state index contributed by atoms with van der Waals surface area (Å²) < 4.78 is 27.2. The molecule has 0 aromatic carbocycles. The Morgan fingerprint density at radius 2 is 2.16 bits per heavy atom. The van der Waals surface area contributed by atoms with E-state index in [0.29, 0.717) is 4.47 Å². The van der Waals surface area contributed by atoms with Gasteiger partial charge in [0, 0.05) is 29.6 Å². The maximum atomic E-state index is 12.1. The second-order valence-electron chi connectivity index (χ2n) is 3.72. The van der Waals surface area contributed by atoms with Crippen LogP contribution in [0.15, 0.2) is 46.2 Å². The minimum absolute atomic E-state index is 0.0399. The molecule has 2 heterocycles. The number of hydrogen-bond donors (Lipinski definition) is 2. The number of sulfonamides is 1. The number of anilines is 1. The van der Waals surface area contributed by atoms with Gasteiger partial charge in [0.25, 0.3) is 0 Å². The number of nitrogen functional groups attached to an aromatic ring is 1. The SMILES string of the molecule is Nc1ncc(Br)cc1S(=O)(=O)NCc1cccnc1. The van der Waals surface area contributed by atoms with Crippen LogP contribution in [0.5, 0.6) is 0 Å². The monoisotopic (exact) mass is 342 g/mol. The Kier molecular flexibility index (Phi) is 4.13. The van der Waals surface area contributed by atoms with Crippen LogP contribution >= 0.6 is 15.9 Å². The van der Waals surface area contributed by atoms with Crippen LogP contribution in [-0.4, -0.2) is 18.4 Å². The largest absolute Gasteiger partial charge is 0.383 e. The van der Waals surface area contributed by atoms with Crippen LogP contribution in [0.1, 0.15) is 5.56 Å². The van der Waals surface area contributed by atoms with Crippen LogP contribution in [0.25, 0.3) is 0 Å². The molecule has 0 fully saturated rings. The van der Waals surface area contributed by atoms with Gasteiger partial charge in [-0.05, 0) is 33.6 Å². The molecule has 2 aromatic rings. The molecule has 6 nitrogen and oxygen atoms in total.